The number of pyridine rings is 1. The van der Waals surface area contributed by atoms with Crippen molar-refractivity contribution in [3.8, 4) is 123 Å². The predicted molar refractivity (Wildman–Crippen MR) is 402 cm³/mol. The second-order valence-electron chi connectivity index (χ2n) is 25.0. The number of fused-ring (bicyclic) bond motifs is 6. The largest absolute Gasteiger partial charge is 0.248 e. The van der Waals surface area contributed by atoms with Crippen molar-refractivity contribution in [2.45, 2.75) is 0 Å². The van der Waals surface area contributed by atoms with E-state index in [9.17, 15) is 0 Å². The quantitative estimate of drug-likeness (QED) is 0.129. The second kappa shape index (κ2) is 23.7. The van der Waals surface area contributed by atoms with Crippen molar-refractivity contribution in [1.29, 1.82) is 0 Å². The molecule has 2 aromatic heterocycles. The number of hydrogen-bond donors (Lipinski definition) is 0. The Labute approximate surface area is 556 Å². The van der Waals surface area contributed by atoms with Gasteiger partial charge in [0.15, 0.2) is 17.5 Å². The molecule has 0 bridgehead atoms. The van der Waals surface area contributed by atoms with Crippen molar-refractivity contribution < 1.29 is 0 Å². The fourth-order valence-corrected chi connectivity index (χ4v) is 14.0. The predicted octanol–water partition coefficient (Wildman–Crippen LogP) is 24.5. The Morgan fingerprint density at radius 2 is 0.427 bits per heavy atom. The number of benzene rings is 16. The van der Waals surface area contributed by atoms with E-state index in [1.54, 1.807) is 0 Å². The third kappa shape index (κ3) is 10.7. The molecule has 0 N–H and O–H groups in total. The van der Waals surface area contributed by atoms with Gasteiger partial charge in [0.05, 0.1) is 11.4 Å². The van der Waals surface area contributed by atoms with Crippen LogP contribution >= 0.6 is 0 Å². The van der Waals surface area contributed by atoms with Crippen LogP contribution in [-0.4, -0.2) is 19.9 Å². The maximum atomic E-state index is 5.56. The third-order valence-corrected chi connectivity index (χ3v) is 19.0. The molecule has 4 nitrogen and oxygen atoms in total. The summed E-state index contributed by atoms with van der Waals surface area (Å²) in [6.45, 7) is 0. The summed E-state index contributed by atoms with van der Waals surface area (Å²) in [7, 11) is 0. The molecule has 0 saturated heterocycles. The lowest BCUT2D eigenvalue weighted by molar-refractivity contribution is 1.07. The van der Waals surface area contributed by atoms with Gasteiger partial charge in [0.25, 0.3) is 0 Å². The first-order valence-electron chi connectivity index (χ1n) is 32.7. The molecule has 0 amide bonds. The minimum Gasteiger partial charge on any atom is -0.248 e. The van der Waals surface area contributed by atoms with Crippen LogP contribution < -0.4 is 0 Å². The molecule has 2 heterocycles. The first-order chi connectivity index (χ1) is 47.5. The molecule has 4 heteroatoms. The number of rotatable bonds is 11. The number of hydrogen-bond acceptors (Lipinski definition) is 4. The summed E-state index contributed by atoms with van der Waals surface area (Å²) in [5.41, 5.74) is 20.2. The fraction of sp³-hybridized carbons (Fsp3) is 0. The van der Waals surface area contributed by atoms with Crippen molar-refractivity contribution in [2.24, 2.45) is 0 Å². The monoisotopic (exact) mass is 1220 g/mol. The van der Waals surface area contributed by atoms with Gasteiger partial charge in [-0.1, -0.05) is 255 Å². The van der Waals surface area contributed by atoms with Gasteiger partial charge in [-0.05, 0) is 228 Å². The van der Waals surface area contributed by atoms with Gasteiger partial charge in [-0.2, -0.15) is 0 Å². The van der Waals surface area contributed by atoms with Crippen LogP contribution in [0.25, 0.3) is 188 Å². The average Bonchev–Trinajstić information content (AvgIpc) is 0.784. The van der Waals surface area contributed by atoms with E-state index in [1.807, 2.05) is 60.7 Å². The highest BCUT2D eigenvalue weighted by Gasteiger charge is 2.19. The van der Waals surface area contributed by atoms with E-state index in [2.05, 4.69) is 291 Å². The van der Waals surface area contributed by atoms with E-state index in [4.69, 9.17) is 19.9 Å². The molecule has 18 rings (SSSR count). The lowest BCUT2D eigenvalue weighted by Crippen LogP contribution is -2.00. The van der Waals surface area contributed by atoms with Crippen molar-refractivity contribution in [3.05, 3.63) is 352 Å². The summed E-state index contributed by atoms with van der Waals surface area (Å²) >= 11 is 0. The van der Waals surface area contributed by atoms with Crippen LogP contribution in [0.3, 0.4) is 0 Å². The molecule has 446 valence electrons. The second-order valence-corrected chi connectivity index (χ2v) is 25.0. The van der Waals surface area contributed by atoms with Gasteiger partial charge in [-0.3, -0.25) is 0 Å². The van der Waals surface area contributed by atoms with Crippen molar-refractivity contribution in [2.75, 3.05) is 0 Å². The molecule has 16 aromatic carbocycles. The zero-order valence-electron chi connectivity index (χ0n) is 52.3. The van der Waals surface area contributed by atoms with E-state index < -0.39 is 0 Å². The normalized spacial score (nSPS) is 11.5. The molecule has 0 fully saturated rings. The Balaban J connectivity index is 0.811. The van der Waals surface area contributed by atoms with E-state index in [0.717, 1.165) is 72.2 Å². The van der Waals surface area contributed by atoms with Gasteiger partial charge in [0.2, 0.25) is 0 Å². The SMILES string of the molecule is c1ccc(-c2nc(-c3ccccc3)nc(-c3cccc(-c4cccc(-c5cc(-c6ccc7c(-c8ccc9ccccc9c8)cc(-c8ccc9ccccc9c8)cc7c6)cc(-c6ccc7c(-c8ccc9ccccc9c8)cc(-c8ccc9ccccc9c8)cc7c6)c5)n4)c3)n2)cc1. The van der Waals surface area contributed by atoms with E-state index in [0.29, 0.717) is 17.5 Å². The number of aromatic nitrogens is 4. The third-order valence-electron chi connectivity index (χ3n) is 19.0. The van der Waals surface area contributed by atoms with Crippen LogP contribution in [-0.2, 0) is 0 Å². The summed E-state index contributed by atoms with van der Waals surface area (Å²) in [6, 6.07) is 127. The molecule has 0 aliphatic rings. The molecular formula is C92H58N4. The number of nitrogens with zero attached hydrogens (tertiary/aromatic N) is 4. The lowest BCUT2D eigenvalue weighted by atomic mass is 9.88. The average molecular weight is 1220 g/mol. The van der Waals surface area contributed by atoms with E-state index >= 15 is 0 Å². The Bertz CT molecular complexity index is 5770. The Hall–Kier alpha value is -12.8. The molecule has 0 aliphatic heterocycles. The van der Waals surface area contributed by atoms with Crippen LogP contribution in [0.2, 0.25) is 0 Å². The highest BCUT2D eigenvalue weighted by atomic mass is 15.0. The van der Waals surface area contributed by atoms with E-state index in [-0.39, 0.29) is 0 Å². The minimum atomic E-state index is 0.589. The molecule has 18 aromatic rings. The molecule has 0 aliphatic carbocycles. The Morgan fingerprint density at radius 3 is 0.875 bits per heavy atom. The van der Waals surface area contributed by atoms with Crippen LogP contribution in [0.1, 0.15) is 0 Å². The first-order valence-corrected chi connectivity index (χ1v) is 32.7. The maximum Gasteiger partial charge on any atom is 0.164 e. The fourth-order valence-electron chi connectivity index (χ4n) is 14.0. The summed E-state index contributed by atoms with van der Waals surface area (Å²) in [4.78, 5) is 20.7. The van der Waals surface area contributed by atoms with E-state index in [1.165, 1.54) is 98.4 Å². The topological polar surface area (TPSA) is 51.6 Å². The maximum absolute atomic E-state index is 5.56. The van der Waals surface area contributed by atoms with Gasteiger partial charge in [-0.25, -0.2) is 19.9 Å². The summed E-state index contributed by atoms with van der Waals surface area (Å²) < 4.78 is 0. The molecule has 0 saturated carbocycles. The Morgan fingerprint density at radius 1 is 0.135 bits per heavy atom. The van der Waals surface area contributed by atoms with Crippen LogP contribution in [0.5, 0.6) is 0 Å². The zero-order valence-corrected chi connectivity index (χ0v) is 52.3. The molecule has 0 unspecified atom stereocenters. The van der Waals surface area contributed by atoms with Gasteiger partial charge in [0, 0.05) is 27.8 Å². The molecule has 96 heavy (non-hydrogen) atoms. The lowest BCUT2D eigenvalue weighted by Gasteiger charge is -2.16. The highest BCUT2D eigenvalue weighted by molar-refractivity contribution is 6.06. The molecule has 0 atom stereocenters. The van der Waals surface area contributed by atoms with Gasteiger partial charge in [0.1, 0.15) is 0 Å². The van der Waals surface area contributed by atoms with Crippen LogP contribution in [0.4, 0.5) is 0 Å². The first kappa shape index (κ1) is 56.0. The van der Waals surface area contributed by atoms with Gasteiger partial charge >= 0.3 is 0 Å². The summed E-state index contributed by atoms with van der Waals surface area (Å²) in [5.74, 6) is 1.82. The molecule has 0 radical (unpaired) electrons. The van der Waals surface area contributed by atoms with Gasteiger partial charge < -0.3 is 0 Å². The molecular weight excluding hydrogens is 1160 g/mol. The minimum absolute atomic E-state index is 0.589. The standard InChI is InChI=1S/C92H58N4/c1-3-21-63(22-4-1)90-94-91(64-23-5-2-6-24-64)96-92(95-90)76-30-15-29-75(51-76)88-31-16-32-89(93-88)83-55-77(71-41-43-84-81(49-71)53-79(69-37-33-59-17-7-11-25-65(59)45-69)57-86(84)73-39-35-61-19-9-13-27-67(61)47-73)52-78(56-83)72-42-44-85-82(50-72)54-80(70-38-34-60-18-8-12-26-66(60)46-70)58-87(85)74-40-36-62-20-10-14-28-68(62)48-74/h1-58H. The van der Waals surface area contributed by atoms with Gasteiger partial charge in [-0.15, -0.1) is 0 Å². The van der Waals surface area contributed by atoms with Crippen LogP contribution in [0.15, 0.2) is 352 Å². The molecule has 0 spiro atoms. The smallest absolute Gasteiger partial charge is 0.164 e. The van der Waals surface area contributed by atoms with Crippen molar-refractivity contribution >= 4 is 64.6 Å². The highest BCUT2D eigenvalue weighted by Crippen LogP contribution is 2.43. The summed E-state index contributed by atoms with van der Waals surface area (Å²) in [5, 5.41) is 14.4. The van der Waals surface area contributed by atoms with Crippen LogP contribution in [0, 0.1) is 0 Å². The summed E-state index contributed by atoms with van der Waals surface area (Å²) in [6.07, 6.45) is 0. The zero-order chi connectivity index (χ0) is 63.5. The Kier molecular flexibility index (Phi) is 13.8. The van der Waals surface area contributed by atoms with Crippen molar-refractivity contribution in [3.63, 3.8) is 0 Å². The van der Waals surface area contributed by atoms with Crippen molar-refractivity contribution in [1.82, 2.24) is 19.9 Å².